The molecule has 0 bridgehead atoms. The molecule has 0 aliphatic heterocycles. The maximum atomic E-state index is 13.3. The van der Waals surface area contributed by atoms with Gasteiger partial charge in [-0.1, -0.05) is 24.3 Å². The zero-order chi connectivity index (χ0) is 18.9. The van der Waals surface area contributed by atoms with Crippen LogP contribution in [0.1, 0.15) is 5.56 Å². The Morgan fingerprint density at radius 1 is 0.667 bits per heavy atom. The lowest BCUT2D eigenvalue weighted by molar-refractivity contribution is 0.988. The Hall–Kier alpha value is -3.40. The Bertz CT molecular complexity index is 1540. The van der Waals surface area contributed by atoms with Gasteiger partial charge < -0.3 is 9.13 Å². The van der Waals surface area contributed by atoms with E-state index in [2.05, 4.69) is 0 Å². The highest BCUT2D eigenvalue weighted by Crippen LogP contribution is 2.28. The van der Waals surface area contributed by atoms with Crippen molar-refractivity contribution in [2.24, 2.45) is 14.1 Å². The minimum atomic E-state index is 0.00399. The molecular weight excluding hydrogens is 336 g/mol. The number of rotatable bonds is 0. The number of hydrogen-bond donors (Lipinski definition) is 0. The van der Waals surface area contributed by atoms with E-state index in [9.17, 15) is 9.59 Å². The minimum absolute atomic E-state index is 0.00399. The number of pyridine rings is 2. The van der Waals surface area contributed by atoms with Crippen molar-refractivity contribution >= 4 is 43.6 Å². The van der Waals surface area contributed by atoms with Gasteiger partial charge in [-0.3, -0.25) is 9.59 Å². The Kier molecular flexibility index (Phi) is 3.11. The first kappa shape index (κ1) is 15.8. The highest BCUT2D eigenvalue weighted by molar-refractivity contribution is 6.06. The van der Waals surface area contributed by atoms with Crippen LogP contribution in [0.4, 0.5) is 0 Å². The first-order valence-electron chi connectivity index (χ1n) is 8.93. The van der Waals surface area contributed by atoms with Gasteiger partial charge in [-0.05, 0) is 42.8 Å². The van der Waals surface area contributed by atoms with Gasteiger partial charge in [0.2, 0.25) is 0 Å². The molecule has 0 amide bonds. The molecule has 132 valence electrons. The second kappa shape index (κ2) is 5.30. The summed E-state index contributed by atoms with van der Waals surface area (Å²) in [6.45, 7) is 1.94. The molecule has 0 aliphatic carbocycles. The molecule has 4 heteroatoms. The van der Waals surface area contributed by atoms with E-state index >= 15 is 0 Å². The van der Waals surface area contributed by atoms with E-state index in [4.69, 9.17) is 0 Å². The van der Waals surface area contributed by atoms with Gasteiger partial charge in [0, 0.05) is 30.3 Å². The summed E-state index contributed by atoms with van der Waals surface area (Å²) in [5, 5.41) is 2.71. The fourth-order valence-corrected chi connectivity index (χ4v) is 4.39. The molecule has 0 atom stereocenters. The Labute approximate surface area is 154 Å². The standard InChI is InChI=1S/C23H18N2O2/c1-13-20-19(24(2)17-10-6-5-9-15(17)23(20)27)12-16-21(13)25(3)18-11-7-4-8-14(18)22(16)26/h4-12H,1-3H3. The molecule has 5 rings (SSSR count). The second-order valence-corrected chi connectivity index (χ2v) is 7.10. The molecule has 0 aliphatic rings. The molecule has 0 saturated heterocycles. The van der Waals surface area contributed by atoms with Crippen molar-refractivity contribution in [3.05, 3.63) is 80.6 Å². The molecule has 4 nitrogen and oxygen atoms in total. The summed E-state index contributed by atoms with van der Waals surface area (Å²) in [5.74, 6) is 0. The molecule has 0 saturated carbocycles. The quantitative estimate of drug-likeness (QED) is 0.395. The molecule has 0 unspecified atom stereocenters. The average molecular weight is 354 g/mol. The van der Waals surface area contributed by atoms with Crippen LogP contribution in [-0.2, 0) is 14.1 Å². The van der Waals surface area contributed by atoms with Crippen LogP contribution in [0.15, 0.2) is 64.2 Å². The first-order chi connectivity index (χ1) is 13.0. The third-order valence-electron chi connectivity index (χ3n) is 5.71. The zero-order valence-corrected chi connectivity index (χ0v) is 15.4. The Morgan fingerprint density at radius 2 is 1.22 bits per heavy atom. The predicted molar refractivity (Wildman–Crippen MR) is 112 cm³/mol. The lowest BCUT2D eigenvalue weighted by Gasteiger charge is -2.17. The van der Waals surface area contributed by atoms with Crippen LogP contribution in [-0.4, -0.2) is 9.13 Å². The predicted octanol–water partition coefficient (Wildman–Crippen LogP) is 4.01. The number of fused-ring (bicyclic) bond motifs is 4. The van der Waals surface area contributed by atoms with E-state index in [0.717, 1.165) is 27.6 Å². The van der Waals surface area contributed by atoms with Crippen LogP contribution >= 0.6 is 0 Å². The molecule has 2 heterocycles. The van der Waals surface area contributed by atoms with Crippen LogP contribution in [0.3, 0.4) is 0 Å². The number of aryl methyl sites for hydroxylation is 3. The van der Waals surface area contributed by atoms with Crippen molar-refractivity contribution in [1.82, 2.24) is 9.13 Å². The van der Waals surface area contributed by atoms with Crippen LogP contribution in [0.2, 0.25) is 0 Å². The van der Waals surface area contributed by atoms with Gasteiger partial charge in [0.25, 0.3) is 0 Å². The second-order valence-electron chi connectivity index (χ2n) is 7.10. The summed E-state index contributed by atoms with van der Waals surface area (Å²) in [6.07, 6.45) is 0. The van der Waals surface area contributed by atoms with Crippen LogP contribution < -0.4 is 10.9 Å². The van der Waals surface area contributed by atoms with E-state index in [0.29, 0.717) is 21.5 Å². The van der Waals surface area contributed by atoms with Crippen LogP contribution in [0.25, 0.3) is 43.6 Å². The summed E-state index contributed by atoms with van der Waals surface area (Å²) < 4.78 is 4.03. The fraction of sp³-hybridized carbons (Fsp3) is 0.130. The topological polar surface area (TPSA) is 44.0 Å². The Morgan fingerprint density at radius 3 is 1.89 bits per heavy atom. The molecule has 5 aromatic rings. The van der Waals surface area contributed by atoms with Crippen LogP contribution in [0.5, 0.6) is 0 Å². The Balaban J connectivity index is 2.18. The third kappa shape index (κ3) is 1.92. The fourth-order valence-electron chi connectivity index (χ4n) is 4.39. The third-order valence-corrected chi connectivity index (χ3v) is 5.71. The zero-order valence-electron chi connectivity index (χ0n) is 15.4. The van der Waals surface area contributed by atoms with E-state index in [-0.39, 0.29) is 10.9 Å². The van der Waals surface area contributed by atoms with Crippen molar-refractivity contribution in [2.45, 2.75) is 6.92 Å². The maximum Gasteiger partial charge on any atom is 0.197 e. The molecule has 0 spiro atoms. The van der Waals surface area contributed by atoms with E-state index in [1.165, 1.54) is 0 Å². The minimum Gasteiger partial charge on any atom is -0.343 e. The number of nitrogens with zero attached hydrogens (tertiary/aromatic N) is 2. The van der Waals surface area contributed by atoms with Crippen molar-refractivity contribution < 1.29 is 0 Å². The summed E-state index contributed by atoms with van der Waals surface area (Å²) in [5.41, 5.74) is 4.21. The first-order valence-corrected chi connectivity index (χ1v) is 8.93. The van der Waals surface area contributed by atoms with Gasteiger partial charge in [-0.15, -0.1) is 0 Å². The smallest absolute Gasteiger partial charge is 0.197 e. The molecule has 2 aromatic heterocycles. The summed E-state index contributed by atoms with van der Waals surface area (Å²) >= 11 is 0. The summed E-state index contributed by atoms with van der Waals surface area (Å²) in [7, 11) is 3.90. The summed E-state index contributed by atoms with van der Waals surface area (Å²) in [6, 6.07) is 17.1. The van der Waals surface area contributed by atoms with Crippen molar-refractivity contribution in [2.75, 3.05) is 0 Å². The van der Waals surface area contributed by atoms with Gasteiger partial charge in [-0.2, -0.15) is 0 Å². The van der Waals surface area contributed by atoms with Gasteiger partial charge >= 0.3 is 0 Å². The van der Waals surface area contributed by atoms with Crippen molar-refractivity contribution in [1.29, 1.82) is 0 Å². The SMILES string of the molecule is Cc1c2c(=O)c3ccccc3n(C)c2cc2c(=O)c3ccccc3n(C)c12. The van der Waals surface area contributed by atoms with Crippen molar-refractivity contribution in [3.63, 3.8) is 0 Å². The number of hydrogen-bond acceptors (Lipinski definition) is 2. The lowest BCUT2D eigenvalue weighted by atomic mass is 9.99. The number of benzene rings is 3. The van der Waals surface area contributed by atoms with Crippen LogP contribution in [0, 0.1) is 6.92 Å². The molecular formula is C23H18N2O2. The molecule has 3 aromatic carbocycles. The number of para-hydroxylation sites is 2. The van der Waals surface area contributed by atoms with E-state index < -0.39 is 0 Å². The normalized spacial score (nSPS) is 11.8. The van der Waals surface area contributed by atoms with Gasteiger partial charge in [0.05, 0.1) is 27.5 Å². The highest BCUT2D eigenvalue weighted by Gasteiger charge is 2.17. The molecule has 27 heavy (non-hydrogen) atoms. The van der Waals surface area contributed by atoms with Gasteiger partial charge in [-0.25, -0.2) is 0 Å². The highest BCUT2D eigenvalue weighted by atomic mass is 16.1. The summed E-state index contributed by atoms with van der Waals surface area (Å²) in [4.78, 5) is 26.5. The lowest BCUT2D eigenvalue weighted by Crippen LogP contribution is -2.15. The molecule has 0 N–H and O–H groups in total. The maximum absolute atomic E-state index is 13.3. The van der Waals surface area contributed by atoms with E-state index in [1.807, 2.05) is 84.8 Å². The largest absolute Gasteiger partial charge is 0.343 e. The van der Waals surface area contributed by atoms with Gasteiger partial charge in [0.1, 0.15) is 0 Å². The average Bonchev–Trinajstić information content (AvgIpc) is 2.69. The molecule has 0 radical (unpaired) electrons. The van der Waals surface area contributed by atoms with Gasteiger partial charge in [0.15, 0.2) is 10.9 Å². The van der Waals surface area contributed by atoms with Crippen molar-refractivity contribution in [3.8, 4) is 0 Å². The molecule has 0 fully saturated rings. The monoisotopic (exact) mass is 354 g/mol. The van der Waals surface area contributed by atoms with E-state index in [1.54, 1.807) is 0 Å². The number of aromatic nitrogens is 2.